The van der Waals surface area contributed by atoms with Crippen molar-refractivity contribution >= 4 is 11.6 Å². The molecule has 0 radical (unpaired) electrons. The maximum absolute atomic E-state index is 12.1. The summed E-state index contributed by atoms with van der Waals surface area (Å²) < 4.78 is 5.72. The number of ether oxygens (including phenoxy) is 1. The molecule has 8 nitrogen and oxygen atoms in total. The number of anilines is 1. The van der Waals surface area contributed by atoms with Crippen molar-refractivity contribution in [1.82, 2.24) is 25.9 Å². The highest BCUT2D eigenvalue weighted by molar-refractivity contribution is 5.83. The zero-order valence-corrected chi connectivity index (χ0v) is 10.9. The number of nitrogens with zero attached hydrogens (tertiary/aromatic N) is 4. The Morgan fingerprint density at radius 1 is 1.55 bits per heavy atom. The molecule has 0 fully saturated rings. The minimum absolute atomic E-state index is 0.198. The molecule has 0 saturated heterocycles. The Morgan fingerprint density at radius 2 is 2.40 bits per heavy atom. The van der Waals surface area contributed by atoms with E-state index in [1.165, 1.54) is 0 Å². The number of H-pyrrole nitrogens is 1. The molecule has 3 rings (SSSR count). The Bertz CT molecular complexity index is 600. The quantitative estimate of drug-likeness (QED) is 0.798. The highest BCUT2D eigenvalue weighted by Crippen LogP contribution is 2.31. The Labute approximate surface area is 115 Å². The number of tetrazole rings is 1. The van der Waals surface area contributed by atoms with E-state index >= 15 is 0 Å². The van der Waals surface area contributed by atoms with Crippen LogP contribution in [0.3, 0.4) is 0 Å². The molecular formula is C12H14N6O2. The molecule has 1 aromatic carbocycles. The maximum Gasteiger partial charge on any atom is 0.263 e. The largest absolute Gasteiger partial charge is 0.477 e. The molecule has 0 unspecified atom stereocenters. The molecule has 1 aromatic heterocycles. The van der Waals surface area contributed by atoms with Crippen molar-refractivity contribution in [3.8, 4) is 5.75 Å². The van der Waals surface area contributed by atoms with E-state index in [9.17, 15) is 4.79 Å². The van der Waals surface area contributed by atoms with E-state index in [-0.39, 0.29) is 12.5 Å². The summed E-state index contributed by atoms with van der Waals surface area (Å²) in [6.07, 6.45) is -0.554. The van der Waals surface area contributed by atoms with Gasteiger partial charge in [-0.3, -0.25) is 4.79 Å². The minimum atomic E-state index is -0.554. The van der Waals surface area contributed by atoms with Gasteiger partial charge in [-0.2, -0.15) is 5.21 Å². The van der Waals surface area contributed by atoms with Crippen LogP contribution in [0.2, 0.25) is 0 Å². The summed E-state index contributed by atoms with van der Waals surface area (Å²) in [6, 6.07) is 7.63. The number of hydrogen-bond donors (Lipinski definition) is 2. The van der Waals surface area contributed by atoms with Gasteiger partial charge in [0, 0.05) is 7.05 Å². The number of aromatic nitrogens is 4. The summed E-state index contributed by atoms with van der Waals surface area (Å²) in [5.41, 5.74) is 0.981. The van der Waals surface area contributed by atoms with Crippen molar-refractivity contribution in [1.29, 1.82) is 0 Å². The van der Waals surface area contributed by atoms with Crippen LogP contribution < -0.4 is 15.0 Å². The number of nitrogens with one attached hydrogen (secondary N) is 2. The van der Waals surface area contributed by atoms with Gasteiger partial charge in [0.2, 0.25) is 0 Å². The number of fused-ring (bicyclic) bond motifs is 1. The van der Waals surface area contributed by atoms with E-state index in [0.29, 0.717) is 18.1 Å². The predicted octanol–water partition coefficient (Wildman–Crippen LogP) is -0.287. The lowest BCUT2D eigenvalue weighted by atomic mass is 10.2. The van der Waals surface area contributed by atoms with Gasteiger partial charge in [-0.05, 0) is 12.1 Å². The van der Waals surface area contributed by atoms with Gasteiger partial charge in [0.25, 0.3) is 5.91 Å². The zero-order chi connectivity index (χ0) is 13.9. The number of carbonyl (C=O) groups excluding carboxylic acids is 1. The summed E-state index contributed by atoms with van der Waals surface area (Å²) in [4.78, 5) is 14.1. The SMILES string of the molecule is CN1C[C@@H](C(=O)NCc2nn[nH]n2)Oc2ccccc21. The summed E-state index contributed by atoms with van der Waals surface area (Å²) in [5.74, 6) is 0.944. The van der Waals surface area contributed by atoms with Gasteiger partial charge in [-0.1, -0.05) is 17.3 Å². The van der Waals surface area contributed by atoms with Crippen LogP contribution in [0.15, 0.2) is 24.3 Å². The lowest BCUT2D eigenvalue weighted by Gasteiger charge is -2.32. The van der Waals surface area contributed by atoms with Crippen LogP contribution in [0.25, 0.3) is 0 Å². The summed E-state index contributed by atoms with van der Waals surface area (Å²) in [7, 11) is 1.93. The number of amides is 1. The fourth-order valence-electron chi connectivity index (χ4n) is 2.08. The first-order valence-electron chi connectivity index (χ1n) is 6.21. The maximum atomic E-state index is 12.1. The number of hydrogen-bond acceptors (Lipinski definition) is 6. The van der Waals surface area contributed by atoms with E-state index in [2.05, 4.69) is 25.9 Å². The summed E-state index contributed by atoms with van der Waals surface area (Å²) >= 11 is 0. The van der Waals surface area contributed by atoms with Gasteiger partial charge >= 0.3 is 0 Å². The molecule has 0 spiro atoms. The van der Waals surface area contributed by atoms with E-state index in [4.69, 9.17) is 4.74 Å². The normalized spacial score (nSPS) is 17.2. The van der Waals surface area contributed by atoms with Crippen molar-refractivity contribution in [3.05, 3.63) is 30.1 Å². The molecule has 0 aliphatic carbocycles. The molecule has 2 aromatic rings. The van der Waals surface area contributed by atoms with E-state index < -0.39 is 6.10 Å². The third kappa shape index (κ3) is 2.40. The van der Waals surface area contributed by atoms with Crippen molar-refractivity contribution in [3.63, 3.8) is 0 Å². The van der Waals surface area contributed by atoms with Crippen LogP contribution in [0.1, 0.15) is 5.82 Å². The number of rotatable bonds is 3. The Hall–Kier alpha value is -2.64. The van der Waals surface area contributed by atoms with Crippen LogP contribution in [-0.4, -0.2) is 46.2 Å². The third-order valence-corrected chi connectivity index (χ3v) is 3.09. The molecule has 0 bridgehead atoms. The van der Waals surface area contributed by atoms with E-state index in [1.807, 2.05) is 36.2 Å². The van der Waals surface area contributed by atoms with E-state index in [0.717, 1.165) is 5.69 Å². The average Bonchev–Trinajstić information content (AvgIpc) is 2.98. The predicted molar refractivity (Wildman–Crippen MR) is 70.2 cm³/mol. The fourth-order valence-corrected chi connectivity index (χ4v) is 2.08. The number of carbonyl (C=O) groups is 1. The van der Waals surface area contributed by atoms with Crippen molar-refractivity contribution in [2.45, 2.75) is 12.6 Å². The number of benzene rings is 1. The molecule has 8 heteroatoms. The van der Waals surface area contributed by atoms with Gasteiger partial charge < -0.3 is 15.0 Å². The van der Waals surface area contributed by atoms with Crippen molar-refractivity contribution in [2.75, 3.05) is 18.5 Å². The minimum Gasteiger partial charge on any atom is -0.477 e. The number of likely N-dealkylation sites (N-methyl/N-ethyl adjacent to an activating group) is 1. The molecular weight excluding hydrogens is 260 g/mol. The van der Waals surface area contributed by atoms with Crippen molar-refractivity contribution < 1.29 is 9.53 Å². The van der Waals surface area contributed by atoms with Crippen LogP contribution in [0.5, 0.6) is 5.75 Å². The molecule has 20 heavy (non-hydrogen) atoms. The second kappa shape index (κ2) is 5.16. The first kappa shape index (κ1) is 12.4. The molecule has 1 aliphatic rings. The smallest absolute Gasteiger partial charge is 0.263 e. The molecule has 1 atom stereocenters. The van der Waals surface area contributed by atoms with Crippen LogP contribution >= 0.6 is 0 Å². The monoisotopic (exact) mass is 274 g/mol. The van der Waals surface area contributed by atoms with Crippen molar-refractivity contribution in [2.24, 2.45) is 0 Å². The topological polar surface area (TPSA) is 96.0 Å². The third-order valence-electron chi connectivity index (χ3n) is 3.09. The standard InChI is InChI=1S/C12H14N6O2/c1-18-7-10(20-9-5-3-2-4-8(9)18)12(19)13-6-11-14-16-17-15-11/h2-5,10H,6-7H2,1H3,(H,13,19)(H,14,15,16,17)/t10-/m0/s1. The van der Waals surface area contributed by atoms with Crippen LogP contribution in [0.4, 0.5) is 5.69 Å². The highest BCUT2D eigenvalue weighted by Gasteiger charge is 2.28. The van der Waals surface area contributed by atoms with Gasteiger partial charge in [-0.25, -0.2) is 0 Å². The van der Waals surface area contributed by atoms with E-state index in [1.54, 1.807) is 0 Å². The molecule has 1 aliphatic heterocycles. The van der Waals surface area contributed by atoms with Gasteiger partial charge in [0.15, 0.2) is 11.9 Å². The average molecular weight is 274 g/mol. The van der Waals surface area contributed by atoms with Crippen LogP contribution in [-0.2, 0) is 11.3 Å². The van der Waals surface area contributed by atoms with Crippen LogP contribution in [0, 0.1) is 0 Å². The first-order chi connectivity index (χ1) is 9.74. The highest BCUT2D eigenvalue weighted by atomic mass is 16.5. The number of aromatic amines is 1. The Kier molecular flexibility index (Phi) is 3.20. The molecule has 104 valence electrons. The molecule has 1 amide bonds. The fraction of sp³-hybridized carbons (Fsp3) is 0.333. The second-order valence-corrected chi connectivity index (χ2v) is 4.50. The first-order valence-corrected chi connectivity index (χ1v) is 6.21. The Balaban J connectivity index is 1.65. The Morgan fingerprint density at radius 3 is 3.20 bits per heavy atom. The number of para-hydroxylation sites is 2. The van der Waals surface area contributed by atoms with Gasteiger partial charge in [-0.15, -0.1) is 10.2 Å². The molecule has 0 saturated carbocycles. The lowest BCUT2D eigenvalue weighted by Crippen LogP contribution is -2.47. The molecule has 2 heterocycles. The zero-order valence-electron chi connectivity index (χ0n) is 10.9. The summed E-state index contributed by atoms with van der Waals surface area (Å²) in [6.45, 7) is 0.718. The lowest BCUT2D eigenvalue weighted by molar-refractivity contribution is -0.128. The van der Waals surface area contributed by atoms with Gasteiger partial charge in [0.05, 0.1) is 18.8 Å². The summed E-state index contributed by atoms with van der Waals surface area (Å²) in [5, 5.41) is 16.0. The molecule has 2 N–H and O–H groups in total. The second-order valence-electron chi connectivity index (χ2n) is 4.50. The van der Waals surface area contributed by atoms with Gasteiger partial charge in [0.1, 0.15) is 5.75 Å².